The number of urea groups is 1. The van der Waals surface area contributed by atoms with Gasteiger partial charge in [-0.25, -0.2) is 4.79 Å². The number of anilines is 1. The molecule has 0 aromatic heterocycles. The number of nitrogens with one attached hydrogen (secondary N) is 2. The summed E-state index contributed by atoms with van der Waals surface area (Å²) in [5.41, 5.74) is 2.89. The highest BCUT2D eigenvalue weighted by Gasteiger charge is 2.45. The molecule has 2 atom stereocenters. The van der Waals surface area contributed by atoms with E-state index in [1.165, 1.54) is 0 Å². The Labute approximate surface area is 180 Å². The van der Waals surface area contributed by atoms with Crippen LogP contribution >= 0.6 is 0 Å². The molecule has 2 N–H and O–H groups in total. The number of hydrogen-bond donors (Lipinski definition) is 2. The molecule has 0 aliphatic carbocycles. The molecule has 0 radical (unpaired) electrons. The number of ether oxygens (including phenoxy) is 1. The molecule has 4 amide bonds. The third-order valence-corrected chi connectivity index (χ3v) is 6.15. The lowest BCUT2D eigenvalue weighted by atomic mass is 10.0. The van der Waals surface area contributed by atoms with E-state index in [9.17, 15) is 14.4 Å². The van der Waals surface area contributed by atoms with Crippen LogP contribution in [-0.2, 0) is 9.53 Å². The number of hydrogen-bond acceptors (Lipinski definition) is 4. The van der Waals surface area contributed by atoms with Gasteiger partial charge >= 0.3 is 6.03 Å². The van der Waals surface area contributed by atoms with Crippen LogP contribution in [0.4, 0.5) is 10.5 Å². The zero-order valence-electron chi connectivity index (χ0n) is 17.0. The van der Waals surface area contributed by atoms with E-state index < -0.39 is 12.1 Å². The van der Waals surface area contributed by atoms with Crippen LogP contribution in [0.3, 0.4) is 0 Å². The molecular formula is C23H24N4O4. The summed E-state index contributed by atoms with van der Waals surface area (Å²) in [7, 11) is 0. The van der Waals surface area contributed by atoms with E-state index in [0.29, 0.717) is 50.5 Å². The third kappa shape index (κ3) is 3.63. The van der Waals surface area contributed by atoms with Crippen LogP contribution in [0.15, 0.2) is 48.5 Å². The van der Waals surface area contributed by atoms with E-state index in [-0.39, 0.29) is 17.8 Å². The maximum atomic E-state index is 13.4. The Morgan fingerprint density at radius 3 is 2.55 bits per heavy atom. The van der Waals surface area contributed by atoms with Crippen molar-refractivity contribution in [1.29, 1.82) is 0 Å². The van der Waals surface area contributed by atoms with Crippen LogP contribution in [0.25, 0.3) is 11.1 Å². The largest absolute Gasteiger partial charge is 0.378 e. The molecule has 2 fully saturated rings. The van der Waals surface area contributed by atoms with Crippen LogP contribution < -0.4 is 10.6 Å². The van der Waals surface area contributed by atoms with Crippen molar-refractivity contribution in [3.8, 4) is 11.1 Å². The summed E-state index contributed by atoms with van der Waals surface area (Å²) in [4.78, 5) is 42.3. The number of carbonyl (C=O) groups is 3. The lowest BCUT2D eigenvalue weighted by Gasteiger charge is -2.30. The molecule has 5 rings (SSSR count). The van der Waals surface area contributed by atoms with Crippen molar-refractivity contribution in [2.75, 3.05) is 38.2 Å². The van der Waals surface area contributed by atoms with Crippen LogP contribution in [0, 0.1) is 0 Å². The van der Waals surface area contributed by atoms with Crippen molar-refractivity contribution >= 4 is 23.5 Å². The van der Waals surface area contributed by atoms with Gasteiger partial charge in [0.25, 0.3) is 5.91 Å². The number of rotatable bonds is 2. The molecule has 0 unspecified atom stereocenters. The SMILES string of the molecule is O=C1Nc2ccc(-c3ccccc3)cc2C(=O)N2CC[C@H](NC(=O)N3CCOCC3)[C@@H]12. The molecule has 2 aromatic carbocycles. The van der Waals surface area contributed by atoms with E-state index in [1.807, 2.05) is 42.5 Å². The Kier molecular flexibility index (Phi) is 5.07. The molecular weight excluding hydrogens is 396 g/mol. The van der Waals surface area contributed by atoms with Gasteiger partial charge in [0.2, 0.25) is 5.91 Å². The Morgan fingerprint density at radius 2 is 1.77 bits per heavy atom. The molecule has 3 aliphatic rings. The molecule has 2 aromatic rings. The summed E-state index contributed by atoms with van der Waals surface area (Å²) in [6, 6.07) is 13.9. The fourth-order valence-corrected chi connectivity index (χ4v) is 4.51. The second-order valence-electron chi connectivity index (χ2n) is 8.00. The van der Waals surface area contributed by atoms with Crippen molar-refractivity contribution < 1.29 is 19.1 Å². The summed E-state index contributed by atoms with van der Waals surface area (Å²) in [6.45, 7) is 2.47. The highest BCUT2D eigenvalue weighted by molar-refractivity contribution is 6.11. The maximum absolute atomic E-state index is 13.4. The minimum absolute atomic E-state index is 0.195. The van der Waals surface area contributed by atoms with Crippen LogP contribution in [-0.4, -0.2) is 72.6 Å². The summed E-state index contributed by atoms with van der Waals surface area (Å²) < 4.78 is 5.29. The second kappa shape index (κ2) is 8.03. The number of nitrogens with zero attached hydrogens (tertiary/aromatic N) is 2. The minimum atomic E-state index is -0.731. The van der Waals surface area contributed by atoms with Gasteiger partial charge in [-0.15, -0.1) is 0 Å². The topological polar surface area (TPSA) is 91.0 Å². The first-order valence-corrected chi connectivity index (χ1v) is 10.6. The summed E-state index contributed by atoms with van der Waals surface area (Å²) >= 11 is 0. The summed E-state index contributed by atoms with van der Waals surface area (Å²) in [5, 5.41) is 5.87. The Balaban J connectivity index is 1.39. The first-order valence-electron chi connectivity index (χ1n) is 10.6. The van der Waals surface area contributed by atoms with Crippen molar-refractivity contribution in [3.05, 3.63) is 54.1 Å². The number of carbonyl (C=O) groups excluding carboxylic acids is 3. The second-order valence-corrected chi connectivity index (χ2v) is 8.00. The zero-order chi connectivity index (χ0) is 21.4. The average Bonchev–Trinajstić information content (AvgIpc) is 3.19. The Bertz CT molecular complexity index is 1020. The number of benzene rings is 2. The molecule has 0 spiro atoms. The average molecular weight is 420 g/mol. The first-order chi connectivity index (χ1) is 15.1. The highest BCUT2D eigenvalue weighted by atomic mass is 16.5. The molecule has 160 valence electrons. The van der Waals surface area contributed by atoms with E-state index in [4.69, 9.17) is 4.74 Å². The number of amides is 4. The Morgan fingerprint density at radius 1 is 1.00 bits per heavy atom. The van der Waals surface area contributed by atoms with E-state index in [2.05, 4.69) is 10.6 Å². The van der Waals surface area contributed by atoms with Gasteiger partial charge in [0.15, 0.2) is 0 Å². The number of morpholine rings is 1. The molecule has 31 heavy (non-hydrogen) atoms. The van der Waals surface area contributed by atoms with Crippen molar-refractivity contribution in [3.63, 3.8) is 0 Å². The summed E-state index contributed by atoms with van der Waals surface area (Å²) in [5.74, 6) is -0.469. The lowest BCUT2D eigenvalue weighted by Crippen LogP contribution is -2.55. The van der Waals surface area contributed by atoms with E-state index >= 15 is 0 Å². The molecule has 3 aliphatic heterocycles. The Hall–Kier alpha value is -3.39. The quantitative estimate of drug-likeness (QED) is 0.777. The van der Waals surface area contributed by atoms with Crippen molar-refractivity contribution in [1.82, 2.24) is 15.1 Å². The minimum Gasteiger partial charge on any atom is -0.378 e. The maximum Gasteiger partial charge on any atom is 0.317 e. The van der Waals surface area contributed by atoms with Gasteiger partial charge in [0, 0.05) is 19.6 Å². The fraction of sp³-hybridized carbons (Fsp3) is 0.348. The van der Waals surface area contributed by atoms with Gasteiger partial charge < -0.3 is 25.2 Å². The molecule has 0 saturated carbocycles. The highest BCUT2D eigenvalue weighted by Crippen LogP contribution is 2.32. The van der Waals surface area contributed by atoms with E-state index in [0.717, 1.165) is 11.1 Å². The fourth-order valence-electron chi connectivity index (χ4n) is 4.51. The van der Waals surface area contributed by atoms with Crippen molar-refractivity contribution in [2.24, 2.45) is 0 Å². The van der Waals surface area contributed by atoms with Gasteiger partial charge in [-0.05, 0) is 29.7 Å². The molecule has 2 saturated heterocycles. The smallest absolute Gasteiger partial charge is 0.317 e. The van der Waals surface area contributed by atoms with Crippen LogP contribution in [0.5, 0.6) is 0 Å². The first kappa shape index (κ1) is 19.6. The predicted octanol–water partition coefficient (Wildman–Crippen LogP) is 1.93. The standard InChI is InChI=1S/C23H24N4O4/c28-21-20-19(25-23(30)26-10-12-31-13-11-26)8-9-27(20)22(29)17-14-16(6-7-18(17)24-21)15-4-2-1-3-5-15/h1-7,14,19-20H,8-13H2,(H,24,28)(H,25,30)/t19-,20-/m0/s1. The van der Waals surface area contributed by atoms with E-state index in [1.54, 1.807) is 15.9 Å². The monoisotopic (exact) mass is 420 g/mol. The molecule has 3 heterocycles. The van der Waals surface area contributed by atoms with Crippen molar-refractivity contribution in [2.45, 2.75) is 18.5 Å². The number of fused-ring (bicyclic) bond motifs is 2. The summed E-state index contributed by atoms with van der Waals surface area (Å²) in [6.07, 6.45) is 0.535. The van der Waals surface area contributed by atoms with Gasteiger partial charge in [-0.3, -0.25) is 9.59 Å². The van der Waals surface area contributed by atoms with Crippen LogP contribution in [0.2, 0.25) is 0 Å². The normalized spacial score (nSPS) is 23.0. The van der Waals surface area contributed by atoms with Crippen LogP contribution in [0.1, 0.15) is 16.8 Å². The zero-order valence-corrected chi connectivity index (χ0v) is 17.0. The van der Waals surface area contributed by atoms with Gasteiger partial charge in [0.05, 0.1) is 30.5 Å². The predicted molar refractivity (Wildman–Crippen MR) is 115 cm³/mol. The van der Waals surface area contributed by atoms with Gasteiger partial charge in [-0.1, -0.05) is 36.4 Å². The molecule has 8 heteroatoms. The van der Waals surface area contributed by atoms with Gasteiger partial charge in [-0.2, -0.15) is 0 Å². The molecule has 0 bridgehead atoms. The molecule has 8 nitrogen and oxygen atoms in total. The third-order valence-electron chi connectivity index (χ3n) is 6.15. The lowest BCUT2D eigenvalue weighted by molar-refractivity contribution is -0.120. The van der Waals surface area contributed by atoms with Gasteiger partial charge in [0.1, 0.15) is 6.04 Å².